The molecule has 2 aliphatic rings. The molecule has 0 aromatic heterocycles. The lowest BCUT2D eigenvalue weighted by molar-refractivity contribution is -0.142. The van der Waals surface area contributed by atoms with Crippen LogP contribution in [0.1, 0.15) is 54.8 Å². The van der Waals surface area contributed by atoms with Crippen LogP contribution in [0.2, 0.25) is 0 Å². The zero-order valence-electron chi connectivity index (χ0n) is 18.1. The van der Waals surface area contributed by atoms with Gasteiger partial charge >= 0.3 is 0 Å². The van der Waals surface area contributed by atoms with Crippen LogP contribution >= 0.6 is 0 Å². The Morgan fingerprint density at radius 2 is 1.77 bits per heavy atom. The van der Waals surface area contributed by atoms with E-state index in [4.69, 9.17) is 0 Å². The van der Waals surface area contributed by atoms with Crippen molar-refractivity contribution in [3.63, 3.8) is 0 Å². The van der Waals surface area contributed by atoms with Crippen LogP contribution in [-0.2, 0) is 9.59 Å². The number of hydrogen-bond donors (Lipinski definition) is 0. The van der Waals surface area contributed by atoms with Gasteiger partial charge < -0.3 is 4.90 Å². The normalized spacial score (nSPS) is 18.9. The standard InChI is InChI=1S/C25H28FN3O2/c1-17-11-13-18(14-12-17)23-15-22(20-9-5-6-10-21(20)26)27-29(23)24(30)16-28(2)25(31)19-7-3-4-8-19/h5-6,9-14,19,23H,3-4,7-8,15-16H2,1-2H3. The summed E-state index contributed by atoms with van der Waals surface area (Å²) >= 11 is 0. The van der Waals surface area contributed by atoms with Crippen molar-refractivity contribution in [2.45, 2.75) is 45.1 Å². The van der Waals surface area contributed by atoms with Gasteiger partial charge in [0.25, 0.3) is 5.91 Å². The molecule has 1 heterocycles. The van der Waals surface area contributed by atoms with Crippen molar-refractivity contribution >= 4 is 17.5 Å². The Morgan fingerprint density at radius 3 is 2.45 bits per heavy atom. The number of benzene rings is 2. The third-order valence-corrected chi connectivity index (χ3v) is 6.27. The second-order valence-corrected chi connectivity index (χ2v) is 8.57. The van der Waals surface area contributed by atoms with Crippen LogP contribution in [0.15, 0.2) is 53.6 Å². The highest BCUT2D eigenvalue weighted by atomic mass is 19.1. The largest absolute Gasteiger partial charge is 0.336 e. The van der Waals surface area contributed by atoms with Gasteiger partial charge in [-0.05, 0) is 31.4 Å². The van der Waals surface area contributed by atoms with Crippen molar-refractivity contribution in [2.24, 2.45) is 11.0 Å². The summed E-state index contributed by atoms with van der Waals surface area (Å²) in [5.74, 6) is -0.575. The minimum atomic E-state index is -0.355. The molecule has 1 unspecified atom stereocenters. The van der Waals surface area contributed by atoms with Gasteiger partial charge in [0.15, 0.2) is 0 Å². The summed E-state index contributed by atoms with van der Waals surface area (Å²) < 4.78 is 14.4. The lowest BCUT2D eigenvalue weighted by Gasteiger charge is -2.26. The molecule has 1 aliphatic heterocycles. The molecular weight excluding hydrogens is 393 g/mol. The fourth-order valence-corrected chi connectivity index (χ4v) is 4.48. The van der Waals surface area contributed by atoms with E-state index in [2.05, 4.69) is 5.10 Å². The first-order valence-corrected chi connectivity index (χ1v) is 10.9. The molecule has 2 aromatic rings. The lowest BCUT2D eigenvalue weighted by atomic mass is 9.97. The van der Waals surface area contributed by atoms with Crippen molar-refractivity contribution in [3.8, 4) is 0 Å². The Kier molecular flexibility index (Phi) is 6.16. The predicted octanol–water partition coefficient (Wildman–Crippen LogP) is 4.46. The smallest absolute Gasteiger partial charge is 0.262 e. The molecule has 0 N–H and O–H groups in total. The minimum absolute atomic E-state index is 0.0155. The van der Waals surface area contributed by atoms with E-state index < -0.39 is 0 Å². The Morgan fingerprint density at radius 1 is 1.10 bits per heavy atom. The van der Waals surface area contributed by atoms with Crippen molar-refractivity contribution in [3.05, 3.63) is 71.0 Å². The van der Waals surface area contributed by atoms with Crippen LogP contribution in [0, 0.1) is 18.7 Å². The van der Waals surface area contributed by atoms with E-state index in [0.29, 0.717) is 17.7 Å². The Bertz CT molecular complexity index is 996. The van der Waals surface area contributed by atoms with Gasteiger partial charge in [-0.1, -0.05) is 60.9 Å². The molecule has 0 radical (unpaired) electrons. The molecule has 4 rings (SSSR count). The summed E-state index contributed by atoms with van der Waals surface area (Å²) in [6, 6.07) is 14.1. The van der Waals surface area contributed by atoms with Gasteiger partial charge in [0.1, 0.15) is 12.4 Å². The van der Waals surface area contributed by atoms with Crippen LogP contribution in [0.25, 0.3) is 0 Å². The first-order chi connectivity index (χ1) is 14.9. The molecule has 0 spiro atoms. The highest BCUT2D eigenvalue weighted by Crippen LogP contribution is 2.34. The number of hydrazone groups is 1. The van der Waals surface area contributed by atoms with Gasteiger partial charge in [-0.3, -0.25) is 9.59 Å². The quantitative estimate of drug-likeness (QED) is 0.716. The fraction of sp³-hybridized carbons (Fsp3) is 0.400. The van der Waals surface area contributed by atoms with E-state index in [0.717, 1.165) is 36.8 Å². The van der Waals surface area contributed by atoms with Gasteiger partial charge in [-0.15, -0.1) is 0 Å². The summed E-state index contributed by atoms with van der Waals surface area (Å²) in [5.41, 5.74) is 3.02. The summed E-state index contributed by atoms with van der Waals surface area (Å²) in [5, 5.41) is 5.97. The highest BCUT2D eigenvalue weighted by Gasteiger charge is 2.35. The van der Waals surface area contributed by atoms with Gasteiger partial charge in [-0.25, -0.2) is 9.40 Å². The predicted molar refractivity (Wildman–Crippen MR) is 118 cm³/mol. The van der Waals surface area contributed by atoms with Crippen LogP contribution in [0.3, 0.4) is 0 Å². The monoisotopic (exact) mass is 421 g/mol. The molecule has 2 aromatic carbocycles. The van der Waals surface area contributed by atoms with Crippen LogP contribution in [-0.4, -0.2) is 41.0 Å². The average Bonchev–Trinajstić information content (AvgIpc) is 3.44. The molecule has 1 saturated carbocycles. The number of hydrogen-bond acceptors (Lipinski definition) is 3. The average molecular weight is 422 g/mol. The summed E-state index contributed by atoms with van der Waals surface area (Å²) in [6.45, 7) is 1.97. The first kappa shape index (κ1) is 21.2. The molecule has 31 heavy (non-hydrogen) atoms. The van der Waals surface area contributed by atoms with Gasteiger partial charge in [0.05, 0.1) is 11.8 Å². The van der Waals surface area contributed by atoms with E-state index in [-0.39, 0.29) is 36.1 Å². The van der Waals surface area contributed by atoms with E-state index in [1.165, 1.54) is 16.0 Å². The minimum Gasteiger partial charge on any atom is -0.336 e. The van der Waals surface area contributed by atoms with Gasteiger partial charge in [0, 0.05) is 24.9 Å². The number of nitrogens with zero attached hydrogens (tertiary/aromatic N) is 3. The number of aryl methyl sites for hydroxylation is 1. The van der Waals surface area contributed by atoms with E-state index in [9.17, 15) is 14.0 Å². The van der Waals surface area contributed by atoms with E-state index >= 15 is 0 Å². The first-order valence-electron chi connectivity index (χ1n) is 10.9. The second-order valence-electron chi connectivity index (χ2n) is 8.57. The van der Waals surface area contributed by atoms with Crippen molar-refractivity contribution in [1.29, 1.82) is 0 Å². The second kappa shape index (κ2) is 9.00. The Labute approximate surface area is 182 Å². The maximum Gasteiger partial charge on any atom is 0.262 e. The van der Waals surface area contributed by atoms with Gasteiger partial charge in [0.2, 0.25) is 5.91 Å². The number of likely N-dealkylation sites (N-methyl/N-ethyl adjacent to an activating group) is 1. The molecule has 0 bridgehead atoms. The molecule has 1 aliphatic carbocycles. The van der Waals surface area contributed by atoms with Crippen molar-refractivity contribution < 1.29 is 14.0 Å². The molecule has 0 saturated heterocycles. The molecular formula is C25H28FN3O2. The summed E-state index contributed by atoms with van der Waals surface area (Å²) in [6.07, 6.45) is 4.34. The highest BCUT2D eigenvalue weighted by molar-refractivity contribution is 6.03. The van der Waals surface area contributed by atoms with Gasteiger partial charge in [-0.2, -0.15) is 5.10 Å². The number of halogens is 1. The molecule has 2 amide bonds. The third kappa shape index (κ3) is 4.53. The number of amides is 2. The number of carbonyl (C=O) groups is 2. The maximum absolute atomic E-state index is 14.4. The summed E-state index contributed by atoms with van der Waals surface area (Å²) in [4.78, 5) is 27.4. The third-order valence-electron chi connectivity index (χ3n) is 6.27. The van der Waals surface area contributed by atoms with Crippen LogP contribution in [0.5, 0.6) is 0 Å². The van der Waals surface area contributed by atoms with Crippen LogP contribution < -0.4 is 0 Å². The fourth-order valence-electron chi connectivity index (χ4n) is 4.48. The lowest BCUT2D eigenvalue weighted by Crippen LogP contribution is -2.41. The van der Waals surface area contributed by atoms with E-state index in [1.54, 1.807) is 25.2 Å². The summed E-state index contributed by atoms with van der Waals surface area (Å²) in [7, 11) is 1.68. The molecule has 1 fully saturated rings. The van der Waals surface area contributed by atoms with Crippen molar-refractivity contribution in [1.82, 2.24) is 9.91 Å². The van der Waals surface area contributed by atoms with E-state index in [1.807, 2.05) is 31.2 Å². The Hall–Kier alpha value is -3.02. The molecule has 5 nitrogen and oxygen atoms in total. The molecule has 1 atom stereocenters. The zero-order valence-corrected chi connectivity index (χ0v) is 18.1. The zero-order chi connectivity index (χ0) is 22.0. The number of rotatable bonds is 5. The number of carbonyl (C=O) groups excluding carboxylic acids is 2. The molecule has 6 heteroatoms. The Balaban J connectivity index is 1.58. The topological polar surface area (TPSA) is 53.0 Å². The SMILES string of the molecule is Cc1ccc(C2CC(c3ccccc3F)=NN2C(=O)CN(C)C(=O)C2CCCC2)cc1. The van der Waals surface area contributed by atoms with Crippen LogP contribution in [0.4, 0.5) is 4.39 Å². The van der Waals surface area contributed by atoms with Crippen molar-refractivity contribution in [2.75, 3.05) is 13.6 Å². The molecule has 162 valence electrons. The maximum atomic E-state index is 14.4.